The van der Waals surface area contributed by atoms with E-state index < -0.39 is 10.0 Å². The summed E-state index contributed by atoms with van der Waals surface area (Å²) in [6, 6.07) is 6.83. The Labute approximate surface area is 118 Å². The SMILES string of the molecule is Cc1ccc(S(=O)(=O)NCCN)c2cccnc12.Cl. The Kier molecular flexibility index (Phi) is 5.25. The normalized spacial score (nSPS) is 11.3. The number of nitrogens with one attached hydrogen (secondary N) is 1. The van der Waals surface area contributed by atoms with Crippen molar-refractivity contribution >= 4 is 33.3 Å². The smallest absolute Gasteiger partial charge is 0.241 e. The number of benzene rings is 1. The van der Waals surface area contributed by atoms with Gasteiger partial charge < -0.3 is 5.73 Å². The van der Waals surface area contributed by atoms with Gasteiger partial charge in [0.05, 0.1) is 10.4 Å². The Morgan fingerprint density at radius 3 is 2.74 bits per heavy atom. The van der Waals surface area contributed by atoms with Gasteiger partial charge in [0.25, 0.3) is 0 Å². The molecule has 0 unspecified atom stereocenters. The maximum atomic E-state index is 12.1. The molecular formula is C12H16ClN3O2S. The molecule has 0 aliphatic carbocycles. The molecule has 2 aromatic rings. The summed E-state index contributed by atoms with van der Waals surface area (Å²) in [4.78, 5) is 4.46. The van der Waals surface area contributed by atoms with Crippen LogP contribution in [0.4, 0.5) is 0 Å². The highest BCUT2D eigenvalue weighted by Crippen LogP contribution is 2.23. The maximum absolute atomic E-state index is 12.1. The lowest BCUT2D eigenvalue weighted by Crippen LogP contribution is -2.29. The molecular weight excluding hydrogens is 286 g/mol. The summed E-state index contributed by atoms with van der Waals surface area (Å²) in [5.41, 5.74) is 6.96. The van der Waals surface area contributed by atoms with Crippen LogP contribution in [0.15, 0.2) is 35.4 Å². The minimum atomic E-state index is -3.54. The second-order valence-electron chi connectivity index (χ2n) is 3.97. The number of hydrogen-bond donors (Lipinski definition) is 2. The van der Waals surface area contributed by atoms with Gasteiger partial charge in [-0.25, -0.2) is 13.1 Å². The van der Waals surface area contributed by atoms with Gasteiger partial charge in [-0.1, -0.05) is 6.07 Å². The number of hydrogen-bond acceptors (Lipinski definition) is 4. The van der Waals surface area contributed by atoms with E-state index in [1.54, 1.807) is 30.5 Å². The third-order valence-electron chi connectivity index (χ3n) is 2.66. The van der Waals surface area contributed by atoms with Gasteiger partial charge in [-0.3, -0.25) is 4.98 Å². The lowest BCUT2D eigenvalue weighted by atomic mass is 10.1. The lowest BCUT2D eigenvalue weighted by molar-refractivity contribution is 0.583. The number of aryl methyl sites for hydroxylation is 1. The summed E-state index contributed by atoms with van der Waals surface area (Å²) in [7, 11) is -3.54. The van der Waals surface area contributed by atoms with E-state index in [0.29, 0.717) is 10.9 Å². The topological polar surface area (TPSA) is 85.1 Å². The summed E-state index contributed by atoms with van der Waals surface area (Å²) in [5, 5.41) is 0.627. The van der Waals surface area contributed by atoms with Crippen LogP contribution in [-0.2, 0) is 10.0 Å². The fourth-order valence-corrected chi connectivity index (χ4v) is 3.04. The van der Waals surface area contributed by atoms with Crippen LogP contribution in [-0.4, -0.2) is 26.5 Å². The fourth-order valence-electron chi connectivity index (χ4n) is 1.79. The molecule has 0 aliphatic heterocycles. The second kappa shape index (κ2) is 6.29. The van der Waals surface area contributed by atoms with Crippen LogP contribution >= 0.6 is 12.4 Å². The van der Waals surface area contributed by atoms with E-state index in [1.165, 1.54) is 0 Å². The minimum Gasteiger partial charge on any atom is -0.329 e. The van der Waals surface area contributed by atoms with Gasteiger partial charge in [0.2, 0.25) is 10.0 Å². The van der Waals surface area contributed by atoms with E-state index in [-0.39, 0.29) is 30.4 Å². The largest absolute Gasteiger partial charge is 0.329 e. The summed E-state index contributed by atoms with van der Waals surface area (Å²) in [5.74, 6) is 0. The predicted octanol–water partition coefficient (Wildman–Crippen LogP) is 1.20. The standard InChI is InChI=1S/C12H15N3O2S.ClH/c1-9-4-5-11(18(16,17)15-8-6-13)10-3-2-7-14-12(9)10;/h2-5,7,15H,6,8,13H2,1H3;1H. The Morgan fingerprint density at radius 2 is 2.05 bits per heavy atom. The molecule has 0 amide bonds. The number of sulfonamides is 1. The summed E-state index contributed by atoms with van der Waals surface area (Å²) in [6.07, 6.45) is 1.65. The number of rotatable bonds is 4. The highest BCUT2D eigenvalue weighted by molar-refractivity contribution is 7.89. The van der Waals surface area contributed by atoms with Gasteiger partial charge in [-0.05, 0) is 30.7 Å². The van der Waals surface area contributed by atoms with E-state index in [1.807, 2.05) is 6.92 Å². The Bertz CT molecular complexity index is 674. The molecule has 1 aromatic heterocycles. The first-order valence-electron chi connectivity index (χ1n) is 5.60. The molecule has 1 aromatic carbocycles. The zero-order chi connectivity index (χ0) is 13.2. The van der Waals surface area contributed by atoms with Crippen molar-refractivity contribution in [2.24, 2.45) is 5.73 Å². The molecule has 5 nitrogen and oxygen atoms in total. The van der Waals surface area contributed by atoms with Crippen molar-refractivity contribution in [1.29, 1.82) is 0 Å². The fraction of sp³-hybridized carbons (Fsp3) is 0.250. The summed E-state index contributed by atoms with van der Waals surface area (Å²) >= 11 is 0. The van der Waals surface area contributed by atoms with Gasteiger partial charge in [-0.15, -0.1) is 12.4 Å². The molecule has 7 heteroatoms. The second-order valence-corrected chi connectivity index (χ2v) is 5.70. The van der Waals surface area contributed by atoms with Crippen LogP contribution in [0, 0.1) is 6.92 Å². The van der Waals surface area contributed by atoms with Gasteiger partial charge >= 0.3 is 0 Å². The molecule has 0 atom stereocenters. The zero-order valence-corrected chi connectivity index (χ0v) is 12.1. The van der Waals surface area contributed by atoms with Crippen molar-refractivity contribution in [3.8, 4) is 0 Å². The summed E-state index contributed by atoms with van der Waals surface area (Å²) < 4.78 is 26.7. The summed E-state index contributed by atoms with van der Waals surface area (Å²) in [6.45, 7) is 2.39. The first-order chi connectivity index (χ1) is 8.56. The first kappa shape index (κ1) is 15.8. The Hall–Kier alpha value is -1.21. The predicted molar refractivity (Wildman–Crippen MR) is 78.0 cm³/mol. The molecule has 0 fully saturated rings. The molecule has 2 rings (SSSR count). The number of halogens is 1. The van der Waals surface area contributed by atoms with Gasteiger partial charge in [-0.2, -0.15) is 0 Å². The molecule has 104 valence electrons. The molecule has 3 N–H and O–H groups in total. The van der Waals surface area contributed by atoms with Crippen LogP contribution in [0.5, 0.6) is 0 Å². The molecule has 0 spiro atoms. The number of fused-ring (bicyclic) bond motifs is 1. The number of pyridine rings is 1. The van der Waals surface area contributed by atoms with E-state index in [2.05, 4.69) is 9.71 Å². The Morgan fingerprint density at radius 1 is 1.32 bits per heavy atom. The minimum absolute atomic E-state index is 0. The van der Waals surface area contributed by atoms with Gasteiger partial charge in [0, 0.05) is 24.7 Å². The van der Waals surface area contributed by atoms with Gasteiger partial charge in [0.15, 0.2) is 0 Å². The van der Waals surface area contributed by atoms with E-state index in [9.17, 15) is 8.42 Å². The molecule has 0 saturated carbocycles. The van der Waals surface area contributed by atoms with Crippen molar-refractivity contribution in [3.05, 3.63) is 36.0 Å². The van der Waals surface area contributed by atoms with E-state index in [4.69, 9.17) is 5.73 Å². The van der Waals surface area contributed by atoms with Crippen LogP contribution in [0.1, 0.15) is 5.56 Å². The number of nitrogens with two attached hydrogens (primary N) is 1. The molecule has 0 bridgehead atoms. The van der Waals surface area contributed by atoms with Crippen LogP contribution in [0.3, 0.4) is 0 Å². The van der Waals surface area contributed by atoms with Crippen LogP contribution in [0.2, 0.25) is 0 Å². The van der Waals surface area contributed by atoms with E-state index in [0.717, 1.165) is 5.56 Å². The molecule has 19 heavy (non-hydrogen) atoms. The third-order valence-corrected chi connectivity index (χ3v) is 4.18. The maximum Gasteiger partial charge on any atom is 0.241 e. The van der Waals surface area contributed by atoms with Crippen molar-refractivity contribution in [1.82, 2.24) is 9.71 Å². The van der Waals surface area contributed by atoms with Crippen molar-refractivity contribution < 1.29 is 8.42 Å². The number of aromatic nitrogens is 1. The van der Waals surface area contributed by atoms with Crippen LogP contribution in [0.25, 0.3) is 10.9 Å². The van der Waals surface area contributed by atoms with Crippen molar-refractivity contribution in [3.63, 3.8) is 0 Å². The molecule has 1 heterocycles. The number of nitrogens with zero attached hydrogens (tertiary/aromatic N) is 1. The average molecular weight is 302 g/mol. The average Bonchev–Trinajstić information content (AvgIpc) is 2.37. The lowest BCUT2D eigenvalue weighted by Gasteiger charge is -2.09. The highest BCUT2D eigenvalue weighted by Gasteiger charge is 2.17. The van der Waals surface area contributed by atoms with Gasteiger partial charge in [0.1, 0.15) is 0 Å². The molecule has 0 saturated heterocycles. The highest BCUT2D eigenvalue weighted by atomic mass is 35.5. The van der Waals surface area contributed by atoms with Crippen molar-refractivity contribution in [2.75, 3.05) is 13.1 Å². The quantitative estimate of drug-likeness (QED) is 0.888. The van der Waals surface area contributed by atoms with Crippen molar-refractivity contribution in [2.45, 2.75) is 11.8 Å². The van der Waals surface area contributed by atoms with E-state index >= 15 is 0 Å². The van der Waals surface area contributed by atoms with Crippen LogP contribution < -0.4 is 10.5 Å². The zero-order valence-electron chi connectivity index (χ0n) is 10.5. The monoisotopic (exact) mass is 301 g/mol. The third kappa shape index (κ3) is 3.22. The first-order valence-corrected chi connectivity index (χ1v) is 7.08. The molecule has 0 aliphatic rings. The Balaban J connectivity index is 0.00000180. The molecule has 0 radical (unpaired) electrons.